The fourth-order valence-corrected chi connectivity index (χ4v) is 3.20. The van der Waals surface area contributed by atoms with Crippen LogP contribution in [0.2, 0.25) is 0 Å². The molecule has 3 nitrogen and oxygen atoms in total. The molecule has 0 aromatic rings. The van der Waals surface area contributed by atoms with Crippen molar-refractivity contribution in [2.24, 2.45) is 11.8 Å². The van der Waals surface area contributed by atoms with Crippen LogP contribution in [-0.2, 0) is 4.74 Å². The molecule has 2 N–H and O–H groups in total. The molecule has 2 aliphatic carbocycles. The molecule has 12 heavy (non-hydrogen) atoms. The van der Waals surface area contributed by atoms with Crippen molar-refractivity contribution in [2.45, 2.75) is 37.5 Å². The Hall–Kier alpha value is -0.120. The van der Waals surface area contributed by atoms with Crippen molar-refractivity contribution in [3.8, 4) is 0 Å². The zero-order chi connectivity index (χ0) is 8.18. The van der Waals surface area contributed by atoms with E-state index in [1.165, 1.54) is 25.7 Å². The van der Waals surface area contributed by atoms with Crippen molar-refractivity contribution in [1.82, 2.24) is 10.9 Å². The van der Waals surface area contributed by atoms with Crippen LogP contribution in [0.1, 0.15) is 25.7 Å². The van der Waals surface area contributed by atoms with Gasteiger partial charge in [0.05, 0.1) is 6.10 Å². The Balaban J connectivity index is 1.82. The fourth-order valence-electron chi connectivity index (χ4n) is 3.20. The summed E-state index contributed by atoms with van der Waals surface area (Å²) in [4.78, 5) is 0. The molecule has 1 unspecified atom stereocenters. The van der Waals surface area contributed by atoms with E-state index in [1.807, 2.05) is 7.11 Å². The lowest BCUT2D eigenvalue weighted by atomic mass is 9.80. The standard InChI is InChI=1S/C9H16N2O/c1-12-8-4-6-2-3-7(5-8)9(6)10-11-9/h6-8,10-11H,2-5H2,1H3/t6-,7+,8?. The maximum Gasteiger partial charge on any atom is 0.100 e. The van der Waals surface area contributed by atoms with Crippen LogP contribution in [-0.4, -0.2) is 18.9 Å². The van der Waals surface area contributed by atoms with Crippen LogP contribution in [0.15, 0.2) is 0 Å². The van der Waals surface area contributed by atoms with Gasteiger partial charge in [0.2, 0.25) is 0 Å². The Morgan fingerprint density at radius 2 is 1.75 bits per heavy atom. The number of ether oxygens (including phenoxy) is 1. The molecule has 3 atom stereocenters. The molecule has 0 aromatic carbocycles. The van der Waals surface area contributed by atoms with Crippen LogP contribution in [0.5, 0.6) is 0 Å². The van der Waals surface area contributed by atoms with Crippen molar-refractivity contribution >= 4 is 0 Å². The molecule has 1 aliphatic heterocycles. The van der Waals surface area contributed by atoms with Crippen molar-refractivity contribution in [3.05, 3.63) is 0 Å². The van der Waals surface area contributed by atoms with Crippen molar-refractivity contribution < 1.29 is 4.74 Å². The summed E-state index contributed by atoms with van der Waals surface area (Å²) < 4.78 is 5.44. The summed E-state index contributed by atoms with van der Waals surface area (Å²) in [5, 5.41) is 0. The molecule has 1 saturated heterocycles. The van der Waals surface area contributed by atoms with Gasteiger partial charge in [-0.05, 0) is 37.5 Å². The van der Waals surface area contributed by atoms with Gasteiger partial charge in [0.15, 0.2) is 0 Å². The summed E-state index contributed by atoms with van der Waals surface area (Å²) in [7, 11) is 1.84. The highest BCUT2D eigenvalue weighted by atomic mass is 16.5. The van der Waals surface area contributed by atoms with Gasteiger partial charge >= 0.3 is 0 Å². The Labute approximate surface area is 72.8 Å². The lowest BCUT2D eigenvalue weighted by molar-refractivity contribution is 0.0305. The number of hydrazine groups is 1. The molecule has 0 aromatic heterocycles. The second kappa shape index (κ2) is 2.22. The molecule has 3 aliphatic rings. The Kier molecular flexibility index (Phi) is 1.35. The van der Waals surface area contributed by atoms with E-state index in [-0.39, 0.29) is 0 Å². The largest absolute Gasteiger partial charge is 0.381 e. The fraction of sp³-hybridized carbons (Fsp3) is 1.00. The number of hydrogen-bond donors (Lipinski definition) is 2. The van der Waals surface area contributed by atoms with Gasteiger partial charge in [-0.15, -0.1) is 0 Å². The van der Waals surface area contributed by atoms with Gasteiger partial charge in [-0.2, -0.15) is 0 Å². The zero-order valence-corrected chi connectivity index (χ0v) is 7.47. The molecule has 68 valence electrons. The van der Waals surface area contributed by atoms with Gasteiger partial charge in [0.25, 0.3) is 0 Å². The zero-order valence-electron chi connectivity index (χ0n) is 7.47. The number of methoxy groups -OCH3 is 1. The highest BCUT2D eigenvalue weighted by Crippen LogP contribution is 2.52. The lowest BCUT2D eigenvalue weighted by Crippen LogP contribution is -2.40. The molecular weight excluding hydrogens is 152 g/mol. The monoisotopic (exact) mass is 168 g/mol. The molecule has 1 spiro atoms. The van der Waals surface area contributed by atoms with Gasteiger partial charge in [-0.25, -0.2) is 10.9 Å². The van der Waals surface area contributed by atoms with E-state index >= 15 is 0 Å². The molecule has 2 saturated carbocycles. The minimum Gasteiger partial charge on any atom is -0.381 e. The minimum atomic E-state index is 0.356. The smallest absolute Gasteiger partial charge is 0.100 e. The number of nitrogens with one attached hydrogen (secondary N) is 2. The number of rotatable bonds is 1. The summed E-state index contributed by atoms with van der Waals surface area (Å²) in [5.74, 6) is 1.64. The lowest BCUT2D eigenvalue weighted by Gasteiger charge is -2.32. The predicted molar refractivity (Wildman–Crippen MR) is 45.2 cm³/mol. The first kappa shape index (κ1) is 7.30. The van der Waals surface area contributed by atoms with Crippen molar-refractivity contribution in [1.29, 1.82) is 0 Å². The van der Waals surface area contributed by atoms with E-state index in [0.29, 0.717) is 11.8 Å². The topological polar surface area (TPSA) is 53.1 Å². The first-order chi connectivity index (χ1) is 5.85. The molecule has 3 fully saturated rings. The van der Waals surface area contributed by atoms with Crippen LogP contribution in [0.4, 0.5) is 0 Å². The van der Waals surface area contributed by atoms with E-state index in [9.17, 15) is 0 Å². The molecule has 3 rings (SSSR count). The van der Waals surface area contributed by atoms with Gasteiger partial charge in [-0.1, -0.05) is 0 Å². The Bertz CT molecular complexity index is 187. The maximum absolute atomic E-state index is 5.44. The summed E-state index contributed by atoms with van der Waals surface area (Å²) in [6.45, 7) is 0. The summed E-state index contributed by atoms with van der Waals surface area (Å²) in [6, 6.07) is 0. The predicted octanol–water partition coefficient (Wildman–Crippen LogP) is 0.626. The quantitative estimate of drug-likeness (QED) is 0.564. The highest BCUT2D eigenvalue weighted by Gasteiger charge is 2.61. The maximum atomic E-state index is 5.44. The normalized spacial score (nSPS) is 48.2. The second-order valence-corrected chi connectivity index (χ2v) is 4.42. The van der Waals surface area contributed by atoms with Gasteiger partial charge in [0, 0.05) is 7.11 Å². The molecule has 3 heteroatoms. The molecule has 0 radical (unpaired) electrons. The summed E-state index contributed by atoms with van der Waals surface area (Å²) in [5.41, 5.74) is 7.06. The summed E-state index contributed by atoms with van der Waals surface area (Å²) in [6.07, 6.45) is 5.77. The molecule has 1 heterocycles. The first-order valence-corrected chi connectivity index (χ1v) is 4.92. The van der Waals surface area contributed by atoms with Gasteiger partial charge in [-0.3, -0.25) is 0 Å². The third-order valence-corrected chi connectivity index (χ3v) is 3.99. The SMILES string of the molecule is COC1C[C@H]2CC[C@@H](C1)C21NN1. The van der Waals surface area contributed by atoms with Crippen molar-refractivity contribution in [2.75, 3.05) is 7.11 Å². The summed E-state index contributed by atoms with van der Waals surface area (Å²) >= 11 is 0. The van der Waals surface area contributed by atoms with Crippen LogP contribution in [0.3, 0.4) is 0 Å². The van der Waals surface area contributed by atoms with Crippen molar-refractivity contribution in [3.63, 3.8) is 0 Å². The third kappa shape index (κ3) is 0.767. The average Bonchev–Trinajstić information content (AvgIpc) is 2.79. The van der Waals surface area contributed by atoms with Crippen LogP contribution < -0.4 is 10.9 Å². The number of hydrogen-bond acceptors (Lipinski definition) is 3. The molecular formula is C9H16N2O. The van der Waals surface area contributed by atoms with Crippen LogP contribution in [0.25, 0.3) is 0 Å². The van der Waals surface area contributed by atoms with Gasteiger partial charge < -0.3 is 4.74 Å². The van der Waals surface area contributed by atoms with Crippen LogP contribution >= 0.6 is 0 Å². The molecule has 2 bridgehead atoms. The Morgan fingerprint density at radius 3 is 2.17 bits per heavy atom. The third-order valence-electron chi connectivity index (χ3n) is 3.99. The second-order valence-electron chi connectivity index (χ2n) is 4.42. The van der Waals surface area contributed by atoms with Gasteiger partial charge in [0.1, 0.15) is 5.66 Å². The van der Waals surface area contributed by atoms with E-state index in [0.717, 1.165) is 11.8 Å². The van der Waals surface area contributed by atoms with E-state index in [1.54, 1.807) is 0 Å². The van der Waals surface area contributed by atoms with E-state index < -0.39 is 0 Å². The minimum absolute atomic E-state index is 0.356. The van der Waals surface area contributed by atoms with E-state index in [2.05, 4.69) is 10.9 Å². The molecule has 0 amide bonds. The first-order valence-electron chi connectivity index (χ1n) is 4.92. The Morgan fingerprint density at radius 1 is 1.17 bits per heavy atom. The average molecular weight is 168 g/mol. The highest BCUT2D eigenvalue weighted by molar-refractivity contribution is 5.13. The van der Waals surface area contributed by atoms with Crippen LogP contribution in [0, 0.1) is 11.8 Å². The van der Waals surface area contributed by atoms with E-state index in [4.69, 9.17) is 4.74 Å².